The summed E-state index contributed by atoms with van der Waals surface area (Å²) in [5.41, 5.74) is -0.0387. The fourth-order valence-electron chi connectivity index (χ4n) is 0.871. The van der Waals surface area contributed by atoms with Gasteiger partial charge >= 0.3 is 0 Å². The van der Waals surface area contributed by atoms with Crippen molar-refractivity contribution in [2.75, 3.05) is 5.33 Å². The van der Waals surface area contributed by atoms with Gasteiger partial charge in [-0.3, -0.25) is 0 Å². The number of hydrogen-bond donors (Lipinski definition) is 0. The van der Waals surface area contributed by atoms with Crippen molar-refractivity contribution in [1.29, 1.82) is 0 Å². The molecule has 80 valence electrons. The Balaban J connectivity index is 4.52. The summed E-state index contributed by atoms with van der Waals surface area (Å²) in [6.45, 7) is 15.7. The Kier molecular flexibility index (Phi) is 4.23. The first-order valence-electron chi connectivity index (χ1n) is 4.78. The highest BCUT2D eigenvalue weighted by atomic mass is 79.9. The van der Waals surface area contributed by atoms with Gasteiger partial charge < -0.3 is 4.43 Å². The fourth-order valence-corrected chi connectivity index (χ4v) is 2.96. The van der Waals surface area contributed by atoms with Crippen LogP contribution < -0.4 is 0 Å². The van der Waals surface area contributed by atoms with Crippen LogP contribution in [0, 0.1) is 0 Å². The van der Waals surface area contributed by atoms with Gasteiger partial charge in [-0.2, -0.15) is 0 Å². The number of alkyl halides is 1. The Morgan fingerprint density at radius 1 is 1.08 bits per heavy atom. The summed E-state index contributed by atoms with van der Waals surface area (Å²) in [5.74, 6) is 0. The van der Waals surface area contributed by atoms with Crippen LogP contribution in [0.2, 0.25) is 18.1 Å². The Bertz CT molecular complexity index is 170. The standard InChI is InChI=1S/C10H23BrOSi/c1-9(2,3)13(6,7)12-10(4,5)8-11/h8H2,1-7H3. The summed E-state index contributed by atoms with van der Waals surface area (Å²) in [4.78, 5) is 0. The van der Waals surface area contributed by atoms with Crippen LogP contribution >= 0.6 is 15.9 Å². The lowest BCUT2D eigenvalue weighted by Gasteiger charge is -2.42. The van der Waals surface area contributed by atoms with Gasteiger partial charge in [0.25, 0.3) is 0 Å². The highest BCUT2D eigenvalue weighted by Crippen LogP contribution is 2.39. The van der Waals surface area contributed by atoms with E-state index in [1.54, 1.807) is 0 Å². The Morgan fingerprint density at radius 2 is 1.46 bits per heavy atom. The average molecular weight is 267 g/mol. The van der Waals surface area contributed by atoms with Gasteiger partial charge in [-0.15, -0.1) is 0 Å². The maximum atomic E-state index is 6.23. The molecule has 0 rings (SSSR count). The van der Waals surface area contributed by atoms with Gasteiger partial charge in [0.15, 0.2) is 8.32 Å². The second-order valence-electron chi connectivity index (χ2n) is 5.76. The first kappa shape index (κ1) is 13.7. The van der Waals surface area contributed by atoms with Crippen LogP contribution in [0.5, 0.6) is 0 Å². The second kappa shape index (κ2) is 4.03. The van der Waals surface area contributed by atoms with Crippen molar-refractivity contribution in [3.63, 3.8) is 0 Å². The molecule has 0 fully saturated rings. The van der Waals surface area contributed by atoms with Crippen molar-refractivity contribution < 1.29 is 4.43 Å². The molecule has 0 aromatic heterocycles. The summed E-state index contributed by atoms with van der Waals surface area (Å²) in [7, 11) is -1.59. The third-order valence-electron chi connectivity index (χ3n) is 2.66. The van der Waals surface area contributed by atoms with Crippen LogP contribution in [-0.4, -0.2) is 19.2 Å². The highest BCUT2D eigenvalue weighted by Gasteiger charge is 2.40. The molecule has 1 nitrogen and oxygen atoms in total. The zero-order valence-electron chi connectivity index (χ0n) is 9.99. The van der Waals surface area contributed by atoms with E-state index in [4.69, 9.17) is 4.43 Å². The van der Waals surface area contributed by atoms with Crippen LogP contribution in [-0.2, 0) is 4.43 Å². The highest BCUT2D eigenvalue weighted by molar-refractivity contribution is 9.09. The second-order valence-corrected chi connectivity index (χ2v) is 11.0. The number of halogens is 1. The van der Waals surface area contributed by atoms with Crippen molar-refractivity contribution in [3.8, 4) is 0 Å². The van der Waals surface area contributed by atoms with Crippen molar-refractivity contribution in [2.45, 2.75) is 58.4 Å². The van der Waals surface area contributed by atoms with Crippen molar-refractivity contribution in [3.05, 3.63) is 0 Å². The minimum atomic E-state index is -1.59. The van der Waals surface area contributed by atoms with Crippen LogP contribution in [0.25, 0.3) is 0 Å². The molecule has 0 aromatic rings. The predicted molar refractivity (Wildman–Crippen MR) is 66.2 cm³/mol. The topological polar surface area (TPSA) is 9.23 Å². The molecular formula is C10H23BrOSi. The SMILES string of the molecule is CC(C)(CBr)O[Si](C)(C)C(C)(C)C. The molecule has 0 atom stereocenters. The van der Waals surface area contributed by atoms with Crippen molar-refractivity contribution in [1.82, 2.24) is 0 Å². The summed E-state index contributed by atoms with van der Waals surface area (Å²) in [6, 6.07) is 0. The molecule has 0 aliphatic heterocycles. The van der Waals surface area contributed by atoms with E-state index in [-0.39, 0.29) is 5.60 Å². The fraction of sp³-hybridized carbons (Fsp3) is 1.00. The maximum absolute atomic E-state index is 6.23. The third kappa shape index (κ3) is 4.13. The van der Waals surface area contributed by atoms with E-state index in [0.717, 1.165) is 5.33 Å². The van der Waals surface area contributed by atoms with Crippen LogP contribution in [0.1, 0.15) is 34.6 Å². The molecule has 0 aliphatic carbocycles. The first-order valence-corrected chi connectivity index (χ1v) is 8.81. The summed E-state index contributed by atoms with van der Waals surface area (Å²) in [6.07, 6.45) is 0. The molecule has 0 radical (unpaired) electrons. The van der Waals surface area contributed by atoms with Gasteiger partial charge in [0, 0.05) is 5.33 Å². The Labute approximate surface area is 92.5 Å². The molecule has 0 bridgehead atoms. The molecule has 0 aromatic carbocycles. The lowest BCUT2D eigenvalue weighted by atomic mass is 10.2. The van der Waals surface area contributed by atoms with Gasteiger partial charge in [-0.1, -0.05) is 36.7 Å². The summed E-state index contributed by atoms with van der Waals surface area (Å²) >= 11 is 3.49. The number of hydrogen-bond acceptors (Lipinski definition) is 1. The van der Waals surface area contributed by atoms with E-state index >= 15 is 0 Å². The molecule has 0 saturated heterocycles. The minimum absolute atomic E-state index is 0.0387. The zero-order chi connectivity index (χ0) is 10.9. The van der Waals surface area contributed by atoms with E-state index in [0.29, 0.717) is 5.04 Å². The largest absolute Gasteiger partial charge is 0.411 e. The average Bonchev–Trinajstić information content (AvgIpc) is 1.83. The van der Waals surface area contributed by atoms with Gasteiger partial charge in [0.05, 0.1) is 5.60 Å². The van der Waals surface area contributed by atoms with Gasteiger partial charge in [-0.25, -0.2) is 0 Å². The van der Waals surface area contributed by atoms with Crippen LogP contribution in [0.3, 0.4) is 0 Å². The molecule has 0 saturated carbocycles. The normalized spacial score (nSPS) is 14.8. The first-order chi connectivity index (χ1) is 5.52. The van der Waals surface area contributed by atoms with Crippen molar-refractivity contribution in [2.24, 2.45) is 0 Å². The van der Waals surface area contributed by atoms with E-state index in [1.807, 2.05) is 0 Å². The third-order valence-corrected chi connectivity index (χ3v) is 8.69. The van der Waals surface area contributed by atoms with Gasteiger partial charge in [-0.05, 0) is 32.0 Å². The Hall–Kier alpha value is 0.657. The van der Waals surface area contributed by atoms with E-state index in [1.165, 1.54) is 0 Å². The molecule has 0 unspecified atom stereocenters. The Morgan fingerprint density at radius 3 is 1.69 bits per heavy atom. The minimum Gasteiger partial charge on any atom is -0.411 e. The summed E-state index contributed by atoms with van der Waals surface area (Å²) in [5, 5.41) is 1.19. The van der Waals surface area contributed by atoms with Crippen molar-refractivity contribution >= 4 is 24.2 Å². The predicted octanol–water partition coefficient (Wildman–Crippen LogP) is 4.18. The molecule has 0 aliphatic rings. The quantitative estimate of drug-likeness (QED) is 0.550. The molecular weight excluding hydrogens is 244 g/mol. The molecule has 0 spiro atoms. The molecule has 0 N–H and O–H groups in total. The van der Waals surface area contributed by atoms with Gasteiger partial charge in [0.2, 0.25) is 0 Å². The molecule has 3 heteroatoms. The smallest absolute Gasteiger partial charge is 0.192 e. The zero-order valence-corrected chi connectivity index (χ0v) is 12.6. The lowest BCUT2D eigenvalue weighted by Crippen LogP contribution is -2.48. The van der Waals surface area contributed by atoms with E-state index in [9.17, 15) is 0 Å². The van der Waals surface area contributed by atoms with E-state index < -0.39 is 8.32 Å². The van der Waals surface area contributed by atoms with Crippen LogP contribution in [0.15, 0.2) is 0 Å². The molecule has 0 amide bonds. The monoisotopic (exact) mass is 266 g/mol. The number of rotatable bonds is 3. The lowest BCUT2D eigenvalue weighted by molar-refractivity contribution is 0.118. The maximum Gasteiger partial charge on any atom is 0.192 e. The van der Waals surface area contributed by atoms with E-state index in [2.05, 4.69) is 63.6 Å². The molecule has 0 heterocycles. The van der Waals surface area contributed by atoms with Crippen LogP contribution in [0.4, 0.5) is 0 Å². The molecule has 13 heavy (non-hydrogen) atoms. The van der Waals surface area contributed by atoms with Gasteiger partial charge in [0.1, 0.15) is 0 Å². The summed E-state index contributed by atoms with van der Waals surface area (Å²) < 4.78 is 6.23.